The minimum Gasteiger partial charge on any atom is -0.497 e. The molecule has 0 bridgehead atoms. The molecule has 1 aliphatic heterocycles. The van der Waals surface area contributed by atoms with Crippen LogP contribution in [0.3, 0.4) is 0 Å². The van der Waals surface area contributed by atoms with Crippen molar-refractivity contribution in [3.05, 3.63) is 24.3 Å². The number of rotatable bonds is 3. The Kier molecular flexibility index (Phi) is 5.30. The van der Waals surface area contributed by atoms with Crippen molar-refractivity contribution in [1.82, 2.24) is 4.90 Å². The van der Waals surface area contributed by atoms with E-state index >= 15 is 4.39 Å². The van der Waals surface area contributed by atoms with E-state index in [1.807, 2.05) is 0 Å². The molecule has 1 aromatic carbocycles. The van der Waals surface area contributed by atoms with Crippen LogP contribution < -0.4 is 10.1 Å². The molecule has 6 heteroatoms. The number of likely N-dealkylation sites (tertiary alicyclic amines) is 1. The predicted molar refractivity (Wildman–Crippen MR) is 126 cm³/mol. The molecule has 1 aromatic rings. The molecule has 2 unspecified atom stereocenters. The first-order chi connectivity index (χ1) is 15.6. The van der Waals surface area contributed by atoms with Crippen LogP contribution in [0, 0.1) is 28.6 Å². The van der Waals surface area contributed by atoms with Gasteiger partial charge in [-0.25, -0.2) is 4.39 Å². The summed E-state index contributed by atoms with van der Waals surface area (Å²) in [5.74, 6) is 0.717. The van der Waals surface area contributed by atoms with Crippen molar-refractivity contribution in [2.75, 3.05) is 19.5 Å². The Bertz CT molecular complexity index is 951. The zero-order chi connectivity index (χ0) is 23.6. The van der Waals surface area contributed by atoms with Gasteiger partial charge in [-0.3, -0.25) is 9.59 Å². The summed E-state index contributed by atoms with van der Waals surface area (Å²) in [7, 11) is 3.26. The Labute approximate surface area is 196 Å². The Morgan fingerprint density at radius 1 is 1.09 bits per heavy atom. The van der Waals surface area contributed by atoms with Gasteiger partial charge in [-0.1, -0.05) is 20.3 Å². The van der Waals surface area contributed by atoms with Crippen LogP contribution in [0.5, 0.6) is 5.75 Å². The van der Waals surface area contributed by atoms with Gasteiger partial charge in [-0.15, -0.1) is 0 Å². The highest BCUT2D eigenvalue weighted by molar-refractivity contribution is 6.14. The second-order valence-electron chi connectivity index (χ2n) is 11.6. The maximum Gasteiger partial charge on any atom is 0.271 e. The van der Waals surface area contributed by atoms with Gasteiger partial charge in [-0.05, 0) is 91.4 Å². The molecule has 0 radical (unpaired) electrons. The fourth-order valence-electron chi connectivity index (χ4n) is 8.42. The molecular formula is C27H37FN2O3. The first-order valence-electron chi connectivity index (χ1n) is 12.5. The van der Waals surface area contributed by atoms with Gasteiger partial charge >= 0.3 is 0 Å². The van der Waals surface area contributed by atoms with Crippen molar-refractivity contribution in [2.45, 2.75) is 76.9 Å². The molecule has 1 heterocycles. The lowest BCUT2D eigenvalue weighted by atomic mass is 9.46. The number of ether oxygens (including phenoxy) is 1. The molecule has 4 fully saturated rings. The highest BCUT2D eigenvalue weighted by Gasteiger charge is 2.66. The van der Waals surface area contributed by atoms with Gasteiger partial charge < -0.3 is 15.0 Å². The fraction of sp³-hybridized carbons (Fsp3) is 0.704. The third-order valence-corrected chi connectivity index (χ3v) is 10.1. The number of benzene rings is 1. The number of nitrogens with zero attached hydrogens (tertiary/aromatic N) is 1. The molecule has 4 aliphatic rings. The number of hydrogen-bond acceptors (Lipinski definition) is 3. The highest BCUT2D eigenvalue weighted by atomic mass is 19.1. The quantitative estimate of drug-likeness (QED) is 0.636. The third kappa shape index (κ3) is 3.30. The average Bonchev–Trinajstić information content (AvgIpc) is 3.20. The SMILES string of the molecule is COc1ccc(NC(=O)C2(F)C[C@@]3(C)C(CC[C@@H]4[C@H]3CC[C@]3(C)CCC[C@@H]43)N(C)C2=O)cc1. The van der Waals surface area contributed by atoms with Gasteiger partial charge in [0.2, 0.25) is 0 Å². The first-order valence-corrected chi connectivity index (χ1v) is 12.5. The Balaban J connectivity index is 1.43. The number of anilines is 1. The predicted octanol–water partition coefficient (Wildman–Crippen LogP) is 5.21. The van der Waals surface area contributed by atoms with Crippen LogP contribution in [-0.4, -0.2) is 42.6 Å². The number of hydrogen-bond donors (Lipinski definition) is 1. The van der Waals surface area contributed by atoms with Crippen LogP contribution in [-0.2, 0) is 9.59 Å². The molecule has 3 aliphatic carbocycles. The third-order valence-electron chi connectivity index (χ3n) is 10.1. The number of nitrogens with one attached hydrogen (secondary N) is 1. The molecule has 1 N–H and O–H groups in total. The maximum atomic E-state index is 16.5. The van der Waals surface area contributed by atoms with Crippen LogP contribution in [0.4, 0.5) is 10.1 Å². The molecule has 0 spiro atoms. The van der Waals surface area contributed by atoms with Crippen molar-refractivity contribution >= 4 is 17.5 Å². The van der Waals surface area contributed by atoms with Gasteiger partial charge in [0, 0.05) is 25.2 Å². The van der Waals surface area contributed by atoms with E-state index in [1.54, 1.807) is 43.3 Å². The van der Waals surface area contributed by atoms with E-state index < -0.39 is 22.9 Å². The molecule has 0 aromatic heterocycles. The van der Waals surface area contributed by atoms with Gasteiger partial charge in [-0.2, -0.15) is 0 Å². The summed E-state index contributed by atoms with van der Waals surface area (Å²) in [4.78, 5) is 28.1. The minimum atomic E-state index is -2.56. The van der Waals surface area contributed by atoms with E-state index in [0.29, 0.717) is 34.6 Å². The topological polar surface area (TPSA) is 58.6 Å². The van der Waals surface area contributed by atoms with E-state index in [9.17, 15) is 9.59 Å². The highest BCUT2D eigenvalue weighted by Crippen LogP contribution is 2.65. The zero-order valence-corrected chi connectivity index (χ0v) is 20.3. The van der Waals surface area contributed by atoms with E-state index in [-0.39, 0.29) is 12.5 Å². The van der Waals surface area contributed by atoms with Gasteiger partial charge in [0.05, 0.1) is 7.11 Å². The van der Waals surface area contributed by atoms with Crippen LogP contribution in [0.2, 0.25) is 0 Å². The largest absolute Gasteiger partial charge is 0.497 e. The number of piperidine rings is 1. The molecule has 33 heavy (non-hydrogen) atoms. The fourth-order valence-corrected chi connectivity index (χ4v) is 8.42. The average molecular weight is 457 g/mol. The van der Waals surface area contributed by atoms with Gasteiger partial charge in [0.25, 0.3) is 17.5 Å². The number of methoxy groups -OCH3 is 1. The summed E-state index contributed by atoms with van der Waals surface area (Å²) in [6, 6.07) is 6.74. The number of amides is 2. The summed E-state index contributed by atoms with van der Waals surface area (Å²) in [6.07, 6.45) is 8.10. The number of alkyl halides is 1. The zero-order valence-electron chi connectivity index (χ0n) is 20.3. The molecular weight excluding hydrogens is 419 g/mol. The lowest BCUT2D eigenvalue weighted by Crippen LogP contribution is -2.69. The van der Waals surface area contributed by atoms with Crippen LogP contribution in [0.25, 0.3) is 0 Å². The smallest absolute Gasteiger partial charge is 0.271 e. The lowest BCUT2D eigenvalue weighted by molar-refractivity contribution is -0.183. The van der Waals surface area contributed by atoms with Gasteiger partial charge in [0.15, 0.2) is 0 Å². The maximum absolute atomic E-state index is 16.5. The summed E-state index contributed by atoms with van der Waals surface area (Å²) in [6.45, 7) is 4.61. The summed E-state index contributed by atoms with van der Waals surface area (Å²) < 4.78 is 21.7. The molecule has 3 saturated carbocycles. The summed E-state index contributed by atoms with van der Waals surface area (Å²) >= 11 is 0. The number of fused-ring (bicyclic) bond motifs is 5. The Morgan fingerprint density at radius 2 is 1.82 bits per heavy atom. The molecule has 2 amide bonds. The van der Waals surface area contributed by atoms with Crippen LogP contribution in [0.1, 0.15) is 65.2 Å². The summed E-state index contributed by atoms with van der Waals surface area (Å²) in [5.41, 5.74) is -2.08. The van der Waals surface area contributed by atoms with Crippen molar-refractivity contribution < 1.29 is 18.7 Å². The van der Waals surface area contributed by atoms with E-state index in [4.69, 9.17) is 4.74 Å². The molecule has 1 saturated heterocycles. The minimum absolute atomic E-state index is 0.00493. The van der Waals surface area contributed by atoms with Crippen LogP contribution in [0.15, 0.2) is 24.3 Å². The monoisotopic (exact) mass is 456 g/mol. The van der Waals surface area contributed by atoms with Crippen molar-refractivity contribution in [3.8, 4) is 5.75 Å². The summed E-state index contributed by atoms with van der Waals surface area (Å²) in [5, 5.41) is 2.67. The number of carbonyl (C=O) groups is 2. The molecule has 5 rings (SSSR count). The van der Waals surface area contributed by atoms with Crippen molar-refractivity contribution in [3.63, 3.8) is 0 Å². The standard InChI is InChI=1S/C27H37FN2O3/c1-25-14-5-6-20(25)19-11-12-22-26(2,21(19)13-15-25)16-27(28,24(32)30(22)3)23(31)29-17-7-9-18(33-4)10-8-17/h7-10,19-22H,5-6,11-16H2,1-4H3,(H,29,31)/t19-,20-,21+,22?,25-,26+,27?/m0/s1. The normalized spacial score (nSPS) is 42.2. The van der Waals surface area contributed by atoms with Crippen molar-refractivity contribution in [2.24, 2.45) is 28.6 Å². The van der Waals surface area contributed by atoms with E-state index in [2.05, 4.69) is 19.2 Å². The Hall–Kier alpha value is -2.11. The van der Waals surface area contributed by atoms with Gasteiger partial charge in [0.1, 0.15) is 5.75 Å². The Morgan fingerprint density at radius 3 is 2.52 bits per heavy atom. The number of halogens is 1. The van der Waals surface area contributed by atoms with E-state index in [0.717, 1.165) is 19.3 Å². The molecule has 5 nitrogen and oxygen atoms in total. The second kappa shape index (κ2) is 7.71. The van der Waals surface area contributed by atoms with E-state index in [1.165, 1.54) is 25.7 Å². The lowest BCUT2D eigenvalue weighted by Gasteiger charge is -2.62. The van der Waals surface area contributed by atoms with Crippen LogP contribution >= 0.6 is 0 Å². The molecule has 7 atom stereocenters. The van der Waals surface area contributed by atoms with Crippen molar-refractivity contribution in [1.29, 1.82) is 0 Å². The second-order valence-corrected chi connectivity index (χ2v) is 11.6. The first kappa shape index (κ1) is 22.7. The number of carbonyl (C=O) groups excluding carboxylic acids is 2. The molecule has 180 valence electrons.